The van der Waals surface area contributed by atoms with Crippen molar-refractivity contribution in [3.63, 3.8) is 0 Å². The van der Waals surface area contributed by atoms with Crippen molar-refractivity contribution in [3.05, 3.63) is 51.0 Å². The first kappa shape index (κ1) is 13.2. The number of fused-ring (bicyclic) bond motifs is 1. The van der Waals surface area contributed by atoms with Gasteiger partial charge in [0, 0.05) is 16.2 Å². The van der Waals surface area contributed by atoms with Gasteiger partial charge in [-0.05, 0) is 31.4 Å². The Morgan fingerprint density at radius 3 is 3.00 bits per heavy atom. The molecule has 0 amide bonds. The fourth-order valence-electron chi connectivity index (χ4n) is 2.29. The van der Waals surface area contributed by atoms with E-state index in [0.717, 1.165) is 39.0 Å². The third kappa shape index (κ3) is 2.86. The molecule has 0 saturated carbocycles. The zero-order chi connectivity index (χ0) is 13.2. The smallest absolute Gasteiger partial charge is 0.133 e. The molecular formula is C14H13ClN2S2. The minimum Gasteiger partial charge on any atom is -0.346 e. The molecule has 1 aromatic heterocycles. The lowest BCUT2D eigenvalue weighted by molar-refractivity contribution is 0.893. The fraction of sp³-hybridized carbons (Fsp3) is 0.286. The van der Waals surface area contributed by atoms with Gasteiger partial charge in [-0.1, -0.05) is 36.0 Å². The van der Waals surface area contributed by atoms with E-state index in [1.165, 1.54) is 17.7 Å². The first-order chi connectivity index (χ1) is 9.24. The standard InChI is InChI=1S/C14H13ClN2S2/c15-10-5-1-2-7-12(10)19-8-13-16-11-6-3-4-9(11)14(18)17-13/h1-2,5,7H,3-4,6,8H2,(H,16,17,18). The summed E-state index contributed by atoms with van der Waals surface area (Å²) in [6.07, 6.45) is 3.33. The van der Waals surface area contributed by atoms with Crippen LogP contribution in [0.4, 0.5) is 0 Å². The molecule has 1 aliphatic carbocycles. The van der Waals surface area contributed by atoms with Crippen LogP contribution < -0.4 is 0 Å². The molecule has 19 heavy (non-hydrogen) atoms. The molecule has 0 saturated heterocycles. The topological polar surface area (TPSA) is 28.7 Å². The summed E-state index contributed by atoms with van der Waals surface area (Å²) in [7, 11) is 0. The molecule has 0 aliphatic heterocycles. The normalized spacial score (nSPS) is 13.5. The Hall–Kier alpha value is -0.840. The Balaban J connectivity index is 1.80. The summed E-state index contributed by atoms with van der Waals surface area (Å²) in [5.74, 6) is 1.70. The van der Waals surface area contributed by atoms with Crippen LogP contribution in [0.5, 0.6) is 0 Å². The first-order valence-electron chi connectivity index (χ1n) is 6.22. The molecule has 1 aromatic carbocycles. The van der Waals surface area contributed by atoms with Crippen LogP contribution in [0.3, 0.4) is 0 Å². The van der Waals surface area contributed by atoms with Gasteiger partial charge >= 0.3 is 0 Å². The summed E-state index contributed by atoms with van der Waals surface area (Å²) in [5.41, 5.74) is 2.51. The van der Waals surface area contributed by atoms with E-state index >= 15 is 0 Å². The maximum atomic E-state index is 6.14. The lowest BCUT2D eigenvalue weighted by Crippen LogP contribution is -1.99. The van der Waals surface area contributed by atoms with Crippen molar-refractivity contribution in [1.82, 2.24) is 9.97 Å². The van der Waals surface area contributed by atoms with Gasteiger partial charge in [-0.25, -0.2) is 4.98 Å². The number of aromatic nitrogens is 2. The van der Waals surface area contributed by atoms with Crippen molar-refractivity contribution in [2.24, 2.45) is 0 Å². The highest BCUT2D eigenvalue weighted by molar-refractivity contribution is 7.98. The van der Waals surface area contributed by atoms with Gasteiger partial charge in [0.05, 0.1) is 10.8 Å². The number of hydrogen-bond donors (Lipinski definition) is 1. The van der Waals surface area contributed by atoms with Gasteiger partial charge < -0.3 is 4.98 Å². The molecule has 0 fully saturated rings. The monoisotopic (exact) mass is 308 g/mol. The van der Waals surface area contributed by atoms with Crippen LogP contribution in [0.25, 0.3) is 0 Å². The molecule has 1 aliphatic rings. The minimum absolute atomic E-state index is 0.765. The number of halogens is 1. The summed E-state index contributed by atoms with van der Waals surface area (Å²) < 4.78 is 0.765. The number of benzene rings is 1. The van der Waals surface area contributed by atoms with Crippen molar-refractivity contribution in [1.29, 1.82) is 0 Å². The van der Waals surface area contributed by atoms with Crippen LogP contribution in [0, 0.1) is 4.64 Å². The number of aromatic amines is 1. The van der Waals surface area contributed by atoms with Crippen LogP contribution in [-0.2, 0) is 18.6 Å². The Morgan fingerprint density at radius 1 is 1.32 bits per heavy atom. The molecule has 0 unspecified atom stereocenters. The van der Waals surface area contributed by atoms with Crippen molar-refractivity contribution in [2.75, 3.05) is 0 Å². The highest BCUT2D eigenvalue weighted by Crippen LogP contribution is 2.29. The predicted octanol–water partition coefficient (Wildman–Crippen LogP) is 4.57. The molecule has 0 bridgehead atoms. The molecule has 1 heterocycles. The highest BCUT2D eigenvalue weighted by atomic mass is 35.5. The Labute approximate surface area is 126 Å². The molecule has 2 aromatic rings. The van der Waals surface area contributed by atoms with E-state index in [9.17, 15) is 0 Å². The predicted molar refractivity (Wildman–Crippen MR) is 82.5 cm³/mol. The van der Waals surface area contributed by atoms with Gasteiger partial charge in [0.25, 0.3) is 0 Å². The number of thioether (sulfide) groups is 1. The summed E-state index contributed by atoms with van der Waals surface area (Å²) in [6, 6.07) is 7.86. The van der Waals surface area contributed by atoms with Crippen LogP contribution in [0.2, 0.25) is 5.02 Å². The number of nitrogens with one attached hydrogen (secondary N) is 1. The summed E-state index contributed by atoms with van der Waals surface area (Å²) in [6.45, 7) is 0. The van der Waals surface area contributed by atoms with E-state index in [0.29, 0.717) is 0 Å². The Morgan fingerprint density at radius 2 is 2.16 bits per heavy atom. The first-order valence-corrected chi connectivity index (χ1v) is 7.99. The van der Waals surface area contributed by atoms with E-state index in [1.54, 1.807) is 11.8 Å². The van der Waals surface area contributed by atoms with Crippen LogP contribution in [0.1, 0.15) is 23.5 Å². The van der Waals surface area contributed by atoms with Gasteiger partial charge in [-0.3, -0.25) is 0 Å². The fourth-order valence-corrected chi connectivity index (χ4v) is 3.73. The average Bonchev–Trinajstić information content (AvgIpc) is 2.87. The Bertz CT molecular complexity index is 667. The number of H-pyrrole nitrogens is 1. The summed E-state index contributed by atoms with van der Waals surface area (Å²) in [4.78, 5) is 8.97. The number of aryl methyl sites for hydroxylation is 1. The van der Waals surface area contributed by atoms with Gasteiger partial charge in [-0.15, -0.1) is 11.8 Å². The third-order valence-corrected chi connectivity index (χ3v) is 5.07. The number of rotatable bonds is 3. The molecule has 98 valence electrons. The van der Waals surface area contributed by atoms with Crippen molar-refractivity contribution in [3.8, 4) is 0 Å². The minimum atomic E-state index is 0.765. The van der Waals surface area contributed by atoms with E-state index in [1.807, 2.05) is 24.3 Å². The average molecular weight is 309 g/mol. The van der Waals surface area contributed by atoms with Gasteiger partial charge in [0.1, 0.15) is 10.5 Å². The lowest BCUT2D eigenvalue weighted by Gasteiger charge is -2.06. The molecule has 1 N–H and O–H groups in total. The van der Waals surface area contributed by atoms with Crippen LogP contribution >= 0.6 is 35.6 Å². The van der Waals surface area contributed by atoms with Gasteiger partial charge in [-0.2, -0.15) is 0 Å². The molecule has 2 nitrogen and oxygen atoms in total. The highest BCUT2D eigenvalue weighted by Gasteiger charge is 2.14. The van der Waals surface area contributed by atoms with Crippen molar-refractivity contribution in [2.45, 2.75) is 29.9 Å². The third-order valence-electron chi connectivity index (χ3n) is 3.21. The summed E-state index contributed by atoms with van der Waals surface area (Å²) >= 11 is 13.2. The second-order valence-corrected chi connectivity index (χ2v) is 6.33. The zero-order valence-corrected chi connectivity index (χ0v) is 12.7. The molecule has 5 heteroatoms. The van der Waals surface area contributed by atoms with E-state index in [2.05, 4.69) is 9.97 Å². The number of hydrogen-bond acceptors (Lipinski definition) is 3. The molecule has 0 atom stereocenters. The van der Waals surface area contributed by atoms with E-state index < -0.39 is 0 Å². The maximum absolute atomic E-state index is 6.14. The second-order valence-electron chi connectivity index (χ2n) is 4.52. The zero-order valence-electron chi connectivity index (χ0n) is 10.3. The largest absolute Gasteiger partial charge is 0.346 e. The number of nitrogens with zero attached hydrogens (tertiary/aromatic N) is 1. The van der Waals surface area contributed by atoms with E-state index in [-0.39, 0.29) is 0 Å². The van der Waals surface area contributed by atoms with Crippen LogP contribution in [-0.4, -0.2) is 9.97 Å². The molecule has 0 radical (unpaired) electrons. The SMILES string of the molecule is S=c1nc(CSc2ccccc2Cl)[nH]c2c1CCC2. The van der Waals surface area contributed by atoms with E-state index in [4.69, 9.17) is 23.8 Å². The molecular weight excluding hydrogens is 296 g/mol. The molecule has 3 rings (SSSR count). The second kappa shape index (κ2) is 5.65. The summed E-state index contributed by atoms with van der Waals surface area (Å²) in [5, 5.41) is 0.784. The van der Waals surface area contributed by atoms with Gasteiger partial charge in [0.15, 0.2) is 0 Å². The van der Waals surface area contributed by atoms with Gasteiger partial charge in [0.2, 0.25) is 0 Å². The maximum Gasteiger partial charge on any atom is 0.133 e. The molecule has 0 spiro atoms. The van der Waals surface area contributed by atoms with Crippen molar-refractivity contribution < 1.29 is 0 Å². The lowest BCUT2D eigenvalue weighted by atomic mass is 10.3. The van der Waals surface area contributed by atoms with Crippen molar-refractivity contribution >= 4 is 35.6 Å². The quantitative estimate of drug-likeness (QED) is 0.665. The van der Waals surface area contributed by atoms with Crippen LogP contribution in [0.15, 0.2) is 29.2 Å². The Kier molecular flexibility index (Phi) is 3.91.